The third kappa shape index (κ3) is 5.66. The van der Waals surface area contributed by atoms with Crippen LogP contribution in [0.4, 0.5) is 4.39 Å². The van der Waals surface area contributed by atoms with Crippen LogP contribution in [0.2, 0.25) is 5.02 Å². The molecule has 1 amide bonds. The Morgan fingerprint density at radius 1 is 0.957 bits per heavy atom. The van der Waals surface area contributed by atoms with Gasteiger partial charge >= 0.3 is 0 Å². The summed E-state index contributed by atoms with van der Waals surface area (Å²) in [6.45, 7) is 1.46. The average Bonchev–Trinajstić information content (AvgIpc) is 2.51. The Kier molecular flexibility index (Phi) is 6.13. The van der Waals surface area contributed by atoms with Crippen LogP contribution in [0.5, 0.6) is 0 Å². The normalized spacial score (nSPS) is 10.8. The summed E-state index contributed by atoms with van der Waals surface area (Å²) in [7, 11) is 3.65. The van der Waals surface area contributed by atoms with Crippen molar-refractivity contribution in [1.82, 2.24) is 9.80 Å². The van der Waals surface area contributed by atoms with Gasteiger partial charge in [0.2, 0.25) is 5.91 Å². The van der Waals surface area contributed by atoms with E-state index in [1.54, 1.807) is 24.1 Å². The summed E-state index contributed by atoms with van der Waals surface area (Å²) in [6.07, 6.45) is 0. The monoisotopic (exact) mass is 334 g/mol. The Balaban J connectivity index is 1.84. The molecule has 0 radical (unpaired) electrons. The molecule has 0 aliphatic heterocycles. The number of carbonyl (C=O) groups is 1. The van der Waals surface area contributed by atoms with E-state index in [9.17, 15) is 9.18 Å². The van der Waals surface area contributed by atoms with Gasteiger partial charge in [0.05, 0.1) is 6.54 Å². The van der Waals surface area contributed by atoms with Gasteiger partial charge in [-0.05, 0) is 42.4 Å². The Hall–Kier alpha value is -1.91. The summed E-state index contributed by atoms with van der Waals surface area (Å²) >= 11 is 5.86. The number of nitrogens with zero attached hydrogens (tertiary/aromatic N) is 2. The Bertz CT molecular complexity index is 643. The summed E-state index contributed by atoms with van der Waals surface area (Å²) in [5.74, 6) is -0.254. The third-order valence-electron chi connectivity index (χ3n) is 3.53. The first-order valence-corrected chi connectivity index (χ1v) is 7.73. The minimum Gasteiger partial charge on any atom is -0.340 e. The lowest BCUT2D eigenvalue weighted by Gasteiger charge is -2.22. The average molecular weight is 335 g/mol. The van der Waals surface area contributed by atoms with Gasteiger partial charge in [0.15, 0.2) is 0 Å². The van der Waals surface area contributed by atoms with Crippen LogP contribution in [0.3, 0.4) is 0 Å². The zero-order valence-corrected chi connectivity index (χ0v) is 14.1. The number of benzene rings is 2. The Morgan fingerprint density at radius 3 is 2.09 bits per heavy atom. The molecule has 2 rings (SSSR count). The second kappa shape index (κ2) is 8.09. The Labute approximate surface area is 141 Å². The van der Waals surface area contributed by atoms with Crippen LogP contribution in [0.15, 0.2) is 48.5 Å². The zero-order chi connectivity index (χ0) is 16.8. The molecule has 0 heterocycles. The lowest BCUT2D eigenvalue weighted by Crippen LogP contribution is -2.36. The molecule has 0 aliphatic rings. The predicted molar refractivity (Wildman–Crippen MR) is 90.7 cm³/mol. The van der Waals surface area contributed by atoms with Crippen LogP contribution in [-0.4, -0.2) is 36.3 Å². The first-order valence-electron chi connectivity index (χ1n) is 7.35. The topological polar surface area (TPSA) is 23.6 Å². The molecule has 0 spiro atoms. The summed E-state index contributed by atoms with van der Waals surface area (Å²) in [5, 5.41) is 0.700. The number of likely N-dealkylation sites (N-methyl/N-ethyl adjacent to an activating group) is 2. The van der Waals surface area contributed by atoms with Crippen LogP contribution >= 0.6 is 11.6 Å². The molecule has 122 valence electrons. The minimum atomic E-state index is -0.273. The van der Waals surface area contributed by atoms with Gasteiger partial charge in [-0.15, -0.1) is 0 Å². The highest BCUT2D eigenvalue weighted by Gasteiger charge is 2.12. The molecule has 5 heteroatoms. The fraction of sp³-hybridized carbons (Fsp3) is 0.278. The van der Waals surface area contributed by atoms with Crippen molar-refractivity contribution in [3.05, 3.63) is 70.5 Å². The lowest BCUT2D eigenvalue weighted by molar-refractivity contribution is -0.131. The lowest BCUT2D eigenvalue weighted by atomic mass is 10.2. The van der Waals surface area contributed by atoms with Gasteiger partial charge in [-0.2, -0.15) is 0 Å². The molecule has 23 heavy (non-hydrogen) atoms. The van der Waals surface area contributed by atoms with Gasteiger partial charge in [-0.25, -0.2) is 4.39 Å². The smallest absolute Gasteiger partial charge is 0.236 e. The fourth-order valence-corrected chi connectivity index (χ4v) is 2.39. The number of hydrogen-bond donors (Lipinski definition) is 0. The number of rotatable bonds is 6. The molecule has 0 atom stereocenters. The third-order valence-corrected chi connectivity index (χ3v) is 3.78. The number of hydrogen-bond acceptors (Lipinski definition) is 2. The van der Waals surface area contributed by atoms with Crippen LogP contribution in [0.1, 0.15) is 11.1 Å². The van der Waals surface area contributed by atoms with E-state index in [-0.39, 0.29) is 11.7 Å². The van der Waals surface area contributed by atoms with Crippen molar-refractivity contribution < 1.29 is 9.18 Å². The molecule has 0 fully saturated rings. The van der Waals surface area contributed by atoms with E-state index in [0.717, 1.165) is 11.1 Å². The molecule has 0 aliphatic carbocycles. The maximum absolute atomic E-state index is 12.9. The first kappa shape index (κ1) is 17.4. The highest BCUT2D eigenvalue weighted by atomic mass is 35.5. The summed E-state index contributed by atoms with van der Waals surface area (Å²) < 4.78 is 12.9. The van der Waals surface area contributed by atoms with Crippen molar-refractivity contribution in [1.29, 1.82) is 0 Å². The van der Waals surface area contributed by atoms with Gasteiger partial charge in [0.1, 0.15) is 5.82 Å². The van der Waals surface area contributed by atoms with E-state index >= 15 is 0 Å². The number of carbonyl (C=O) groups excluding carboxylic acids is 1. The highest BCUT2D eigenvalue weighted by Crippen LogP contribution is 2.11. The van der Waals surface area contributed by atoms with Crippen molar-refractivity contribution in [3.8, 4) is 0 Å². The van der Waals surface area contributed by atoms with E-state index in [2.05, 4.69) is 0 Å². The van der Waals surface area contributed by atoms with Crippen molar-refractivity contribution >= 4 is 17.5 Å². The maximum Gasteiger partial charge on any atom is 0.236 e. The highest BCUT2D eigenvalue weighted by molar-refractivity contribution is 6.30. The van der Waals surface area contributed by atoms with Crippen LogP contribution < -0.4 is 0 Å². The molecular weight excluding hydrogens is 315 g/mol. The van der Waals surface area contributed by atoms with E-state index in [1.807, 2.05) is 36.2 Å². The minimum absolute atomic E-state index is 0.0192. The van der Waals surface area contributed by atoms with Gasteiger partial charge in [-0.1, -0.05) is 35.9 Å². The van der Waals surface area contributed by atoms with Crippen molar-refractivity contribution in [3.63, 3.8) is 0 Å². The quantitative estimate of drug-likeness (QED) is 0.806. The summed E-state index contributed by atoms with van der Waals surface area (Å²) in [6, 6.07) is 13.8. The van der Waals surface area contributed by atoms with Gasteiger partial charge < -0.3 is 4.90 Å². The molecule has 3 nitrogen and oxygen atoms in total. The van der Waals surface area contributed by atoms with Gasteiger partial charge in [-0.3, -0.25) is 9.69 Å². The number of amides is 1. The van der Waals surface area contributed by atoms with Gasteiger partial charge in [0.25, 0.3) is 0 Å². The summed E-state index contributed by atoms with van der Waals surface area (Å²) in [5.41, 5.74) is 2.01. The van der Waals surface area contributed by atoms with E-state index in [1.165, 1.54) is 12.1 Å². The standard InChI is InChI=1S/C18H20ClFN2O/c1-21(11-14-3-7-16(19)8-4-14)13-18(23)22(2)12-15-5-9-17(20)10-6-15/h3-10H,11-13H2,1-2H3. The van der Waals surface area contributed by atoms with E-state index in [0.29, 0.717) is 24.7 Å². The number of halogens is 2. The predicted octanol–water partition coefficient (Wildman–Crippen LogP) is 3.57. The van der Waals surface area contributed by atoms with E-state index in [4.69, 9.17) is 11.6 Å². The molecule has 0 unspecified atom stereocenters. The Morgan fingerprint density at radius 2 is 1.48 bits per heavy atom. The van der Waals surface area contributed by atoms with Crippen molar-refractivity contribution in [2.75, 3.05) is 20.6 Å². The second-order valence-electron chi connectivity index (χ2n) is 5.68. The van der Waals surface area contributed by atoms with Crippen molar-refractivity contribution in [2.24, 2.45) is 0 Å². The molecule has 0 saturated carbocycles. The maximum atomic E-state index is 12.9. The molecule has 0 saturated heterocycles. The van der Waals surface area contributed by atoms with E-state index < -0.39 is 0 Å². The van der Waals surface area contributed by atoms with Crippen LogP contribution in [-0.2, 0) is 17.9 Å². The second-order valence-corrected chi connectivity index (χ2v) is 6.11. The molecule has 2 aromatic carbocycles. The first-order chi connectivity index (χ1) is 10.9. The molecular formula is C18H20ClFN2O. The zero-order valence-electron chi connectivity index (χ0n) is 13.3. The molecule has 0 bridgehead atoms. The SMILES string of the molecule is CN(CC(=O)N(C)Cc1ccc(F)cc1)Cc1ccc(Cl)cc1. The molecule has 0 aromatic heterocycles. The molecule has 2 aromatic rings. The van der Waals surface area contributed by atoms with Crippen LogP contribution in [0.25, 0.3) is 0 Å². The largest absolute Gasteiger partial charge is 0.340 e. The summed E-state index contributed by atoms with van der Waals surface area (Å²) in [4.78, 5) is 15.9. The van der Waals surface area contributed by atoms with Gasteiger partial charge in [0, 0.05) is 25.2 Å². The van der Waals surface area contributed by atoms with Crippen LogP contribution in [0, 0.1) is 5.82 Å². The fourth-order valence-electron chi connectivity index (χ4n) is 2.26. The molecule has 0 N–H and O–H groups in total. The van der Waals surface area contributed by atoms with Crippen molar-refractivity contribution in [2.45, 2.75) is 13.1 Å².